The number of benzene rings is 2. The number of carboxylic acid groups (broad SMARTS) is 1. The van der Waals surface area contributed by atoms with E-state index in [2.05, 4.69) is 24.3 Å². The van der Waals surface area contributed by atoms with Gasteiger partial charge in [0.05, 0.1) is 12.7 Å². The first-order valence-corrected chi connectivity index (χ1v) is 11.8. The van der Waals surface area contributed by atoms with Crippen molar-refractivity contribution in [3.8, 4) is 16.2 Å². The summed E-state index contributed by atoms with van der Waals surface area (Å²) < 4.78 is 6.89. The summed E-state index contributed by atoms with van der Waals surface area (Å²) in [6.07, 6.45) is 8.24. The van der Waals surface area contributed by atoms with Crippen molar-refractivity contribution in [2.45, 2.75) is 43.9 Å². The summed E-state index contributed by atoms with van der Waals surface area (Å²) in [5.41, 5.74) is 3.26. The molecule has 0 atom stereocenters. The molecule has 3 nitrogen and oxygen atoms in total. The Hall–Kier alpha value is -2.33. The molecule has 0 aliphatic heterocycles. The van der Waals surface area contributed by atoms with Crippen LogP contribution in [0.15, 0.2) is 42.5 Å². The maximum absolute atomic E-state index is 11.3. The Morgan fingerprint density at radius 1 is 1.00 bits per heavy atom. The zero-order valence-corrected chi connectivity index (χ0v) is 18.0. The van der Waals surface area contributed by atoms with E-state index in [1.807, 2.05) is 6.07 Å². The van der Waals surface area contributed by atoms with Crippen LogP contribution in [0.4, 0.5) is 0 Å². The van der Waals surface area contributed by atoms with E-state index in [9.17, 15) is 9.90 Å². The lowest BCUT2D eigenvalue weighted by Gasteiger charge is -2.57. The third-order valence-electron chi connectivity index (χ3n) is 7.86. The number of hydrogen-bond donors (Lipinski definition) is 1. The van der Waals surface area contributed by atoms with Gasteiger partial charge >= 0.3 is 5.97 Å². The molecule has 0 saturated heterocycles. The van der Waals surface area contributed by atoms with Crippen molar-refractivity contribution in [1.82, 2.24) is 0 Å². The molecule has 0 radical (unpaired) electrons. The normalized spacial score (nSPS) is 29.4. The quantitative estimate of drug-likeness (QED) is 0.510. The van der Waals surface area contributed by atoms with Crippen molar-refractivity contribution in [3.05, 3.63) is 53.6 Å². The summed E-state index contributed by atoms with van der Waals surface area (Å²) in [6.45, 7) is 0. The molecule has 4 aliphatic rings. The molecular weight excluding hydrogens is 392 g/mol. The van der Waals surface area contributed by atoms with Crippen LogP contribution in [0.5, 0.6) is 5.75 Å². The van der Waals surface area contributed by atoms with Gasteiger partial charge < -0.3 is 9.84 Å². The third-order valence-corrected chi connectivity index (χ3v) is 9.01. The highest BCUT2D eigenvalue weighted by atomic mass is 32.1. The van der Waals surface area contributed by atoms with Crippen LogP contribution in [-0.2, 0) is 5.41 Å². The summed E-state index contributed by atoms with van der Waals surface area (Å²) >= 11 is 1.68. The van der Waals surface area contributed by atoms with E-state index in [0.29, 0.717) is 5.56 Å². The minimum Gasteiger partial charge on any atom is -0.496 e. The van der Waals surface area contributed by atoms with Crippen molar-refractivity contribution in [2.24, 2.45) is 17.8 Å². The average molecular weight is 419 g/mol. The lowest BCUT2D eigenvalue weighted by Crippen LogP contribution is -2.48. The van der Waals surface area contributed by atoms with Crippen molar-refractivity contribution < 1.29 is 14.6 Å². The fraction of sp³-hybridized carbons (Fsp3) is 0.423. The Morgan fingerprint density at radius 3 is 2.33 bits per heavy atom. The molecular formula is C26H26O3S. The van der Waals surface area contributed by atoms with Crippen LogP contribution in [0, 0.1) is 17.8 Å². The zero-order chi connectivity index (χ0) is 20.5. The maximum atomic E-state index is 11.3. The molecule has 0 spiro atoms. The monoisotopic (exact) mass is 418 g/mol. The van der Waals surface area contributed by atoms with E-state index in [-0.39, 0.29) is 5.41 Å². The average Bonchev–Trinajstić information content (AvgIpc) is 3.15. The number of thiophene rings is 1. The molecule has 1 N–H and O–H groups in total. The number of carboxylic acids is 1. The van der Waals surface area contributed by atoms with Crippen LogP contribution in [0.25, 0.3) is 20.5 Å². The second kappa shape index (κ2) is 6.58. The Bertz CT molecular complexity index is 1120. The predicted molar refractivity (Wildman–Crippen MR) is 121 cm³/mol. The molecule has 3 aromatic rings. The molecule has 4 saturated carbocycles. The van der Waals surface area contributed by atoms with E-state index in [1.54, 1.807) is 30.6 Å². The Morgan fingerprint density at radius 2 is 1.70 bits per heavy atom. The molecule has 4 bridgehead atoms. The number of ether oxygens (including phenoxy) is 1. The summed E-state index contributed by atoms with van der Waals surface area (Å²) in [4.78, 5) is 12.5. The number of hydrogen-bond acceptors (Lipinski definition) is 3. The third kappa shape index (κ3) is 2.80. The Balaban J connectivity index is 1.44. The van der Waals surface area contributed by atoms with Crippen LogP contribution in [0.1, 0.15) is 54.4 Å². The van der Waals surface area contributed by atoms with Crippen molar-refractivity contribution in [1.29, 1.82) is 0 Å². The largest absolute Gasteiger partial charge is 0.496 e. The molecule has 0 unspecified atom stereocenters. The van der Waals surface area contributed by atoms with Gasteiger partial charge in [-0.15, -0.1) is 11.3 Å². The first-order valence-electron chi connectivity index (χ1n) is 11.0. The lowest BCUT2D eigenvalue weighted by molar-refractivity contribution is -0.00613. The molecule has 4 aliphatic carbocycles. The molecule has 2 aromatic carbocycles. The molecule has 30 heavy (non-hydrogen) atoms. The zero-order valence-electron chi connectivity index (χ0n) is 17.2. The van der Waals surface area contributed by atoms with E-state index in [0.717, 1.165) is 33.6 Å². The molecule has 1 aromatic heterocycles. The molecule has 4 heteroatoms. The van der Waals surface area contributed by atoms with Gasteiger partial charge in [0.25, 0.3) is 0 Å². The van der Waals surface area contributed by atoms with Gasteiger partial charge in [0.1, 0.15) is 5.75 Å². The molecule has 0 amide bonds. The fourth-order valence-electron chi connectivity index (χ4n) is 7.02. The van der Waals surface area contributed by atoms with Crippen molar-refractivity contribution >= 4 is 27.4 Å². The highest BCUT2D eigenvalue weighted by Gasteiger charge is 2.52. The second-order valence-corrected chi connectivity index (χ2v) is 10.9. The van der Waals surface area contributed by atoms with Gasteiger partial charge in [-0.1, -0.05) is 6.07 Å². The number of fused-ring (bicyclic) bond motifs is 1. The van der Waals surface area contributed by atoms with Crippen LogP contribution in [0.3, 0.4) is 0 Å². The number of methoxy groups -OCH3 is 1. The molecule has 154 valence electrons. The van der Waals surface area contributed by atoms with Gasteiger partial charge in [0.15, 0.2) is 0 Å². The second-order valence-electron chi connectivity index (χ2n) is 9.78. The minimum absolute atomic E-state index is 0.281. The van der Waals surface area contributed by atoms with Crippen LogP contribution >= 0.6 is 11.3 Å². The summed E-state index contributed by atoms with van der Waals surface area (Å²) in [6, 6.07) is 14.3. The first-order chi connectivity index (χ1) is 14.5. The van der Waals surface area contributed by atoms with Crippen molar-refractivity contribution in [2.75, 3.05) is 7.11 Å². The van der Waals surface area contributed by atoms with Gasteiger partial charge in [-0.25, -0.2) is 4.79 Å². The molecule has 4 fully saturated rings. The molecule has 7 rings (SSSR count). The highest BCUT2D eigenvalue weighted by Crippen LogP contribution is 2.62. The van der Waals surface area contributed by atoms with E-state index < -0.39 is 5.97 Å². The standard InChI is InChI=1S/C26H26O3S/c1-29-22-5-4-18(23-10-19-2-3-20(25(27)28)11-24(19)30-23)9-21(22)26-12-15-6-16(13-26)8-17(7-15)14-26/h2-5,9-11,15-17H,6-8,12-14H2,1H3,(H,27,28). The summed E-state index contributed by atoms with van der Waals surface area (Å²) in [7, 11) is 1.80. The van der Waals surface area contributed by atoms with Crippen LogP contribution in [-0.4, -0.2) is 18.2 Å². The van der Waals surface area contributed by atoms with E-state index in [1.165, 1.54) is 54.5 Å². The summed E-state index contributed by atoms with van der Waals surface area (Å²) in [5, 5.41) is 10.4. The number of aromatic carboxylic acids is 1. The first kappa shape index (κ1) is 18.4. The van der Waals surface area contributed by atoms with Gasteiger partial charge in [0, 0.05) is 15.1 Å². The number of rotatable bonds is 4. The fourth-order valence-corrected chi connectivity index (χ4v) is 8.12. The van der Waals surface area contributed by atoms with E-state index >= 15 is 0 Å². The van der Waals surface area contributed by atoms with Crippen LogP contribution < -0.4 is 4.74 Å². The van der Waals surface area contributed by atoms with Gasteiger partial charge in [-0.3, -0.25) is 0 Å². The lowest BCUT2D eigenvalue weighted by atomic mass is 9.48. The topological polar surface area (TPSA) is 46.5 Å². The smallest absolute Gasteiger partial charge is 0.335 e. The van der Waals surface area contributed by atoms with Crippen molar-refractivity contribution in [3.63, 3.8) is 0 Å². The van der Waals surface area contributed by atoms with Gasteiger partial charge in [0.2, 0.25) is 0 Å². The van der Waals surface area contributed by atoms with E-state index in [4.69, 9.17) is 4.74 Å². The van der Waals surface area contributed by atoms with Gasteiger partial charge in [-0.05, 0) is 109 Å². The minimum atomic E-state index is -0.875. The number of carbonyl (C=O) groups is 1. The highest BCUT2D eigenvalue weighted by molar-refractivity contribution is 7.22. The predicted octanol–water partition coefficient (Wildman–Crippen LogP) is 6.74. The molecule has 1 heterocycles. The maximum Gasteiger partial charge on any atom is 0.335 e. The van der Waals surface area contributed by atoms with Crippen LogP contribution in [0.2, 0.25) is 0 Å². The Labute approximate surface area is 180 Å². The SMILES string of the molecule is COc1ccc(-c2cc3ccc(C(=O)O)cc3s2)cc1C12CC3CC(CC(C3)C1)C2. The van der Waals surface area contributed by atoms with Gasteiger partial charge in [-0.2, -0.15) is 0 Å². The Kier molecular flexibility index (Phi) is 4.05. The summed E-state index contributed by atoms with van der Waals surface area (Å²) in [5.74, 6) is 2.84.